The summed E-state index contributed by atoms with van der Waals surface area (Å²) in [4.78, 5) is 2.58. The summed E-state index contributed by atoms with van der Waals surface area (Å²) in [6.45, 7) is 2.45. The lowest BCUT2D eigenvalue weighted by molar-refractivity contribution is 0.215. The fourth-order valence-electron chi connectivity index (χ4n) is 2.73. The van der Waals surface area contributed by atoms with Crippen molar-refractivity contribution in [1.82, 2.24) is 4.90 Å². The van der Waals surface area contributed by atoms with Gasteiger partial charge in [0.1, 0.15) is 0 Å². The van der Waals surface area contributed by atoms with E-state index in [1.165, 1.54) is 31.5 Å². The first kappa shape index (κ1) is 8.89. The molecule has 2 bridgehead atoms. The first-order chi connectivity index (χ1) is 6.84. The van der Waals surface area contributed by atoms with E-state index in [-0.39, 0.29) is 0 Å². The van der Waals surface area contributed by atoms with Gasteiger partial charge in [0.15, 0.2) is 0 Å². The van der Waals surface area contributed by atoms with Crippen molar-refractivity contribution in [3.8, 4) is 0 Å². The van der Waals surface area contributed by atoms with Gasteiger partial charge in [0, 0.05) is 25.2 Å². The summed E-state index contributed by atoms with van der Waals surface area (Å²) in [7, 11) is 0. The predicted octanol–water partition coefficient (Wildman–Crippen LogP) is 1.32. The molecule has 1 saturated carbocycles. The van der Waals surface area contributed by atoms with Crippen molar-refractivity contribution in [2.45, 2.75) is 24.9 Å². The summed E-state index contributed by atoms with van der Waals surface area (Å²) in [5.41, 5.74) is 7.51. The van der Waals surface area contributed by atoms with Gasteiger partial charge in [-0.05, 0) is 41.1 Å². The Morgan fingerprint density at radius 3 is 3.07 bits per heavy atom. The Labute approximate surface area is 88.7 Å². The first-order valence-electron chi connectivity index (χ1n) is 5.35. The quantitative estimate of drug-likeness (QED) is 0.812. The van der Waals surface area contributed by atoms with Crippen LogP contribution in [0, 0.1) is 5.92 Å². The maximum absolute atomic E-state index is 6.03. The zero-order chi connectivity index (χ0) is 9.54. The minimum Gasteiger partial charge on any atom is -0.326 e. The summed E-state index contributed by atoms with van der Waals surface area (Å²) in [5, 5.41) is 4.41. The molecule has 0 radical (unpaired) electrons. The zero-order valence-corrected chi connectivity index (χ0v) is 9.04. The van der Waals surface area contributed by atoms with Gasteiger partial charge in [-0.3, -0.25) is 4.90 Å². The van der Waals surface area contributed by atoms with E-state index in [4.69, 9.17) is 5.73 Å². The number of nitrogens with two attached hydrogens (primary N) is 1. The Morgan fingerprint density at radius 2 is 2.50 bits per heavy atom. The molecule has 2 N–H and O–H groups in total. The van der Waals surface area contributed by atoms with Gasteiger partial charge in [0.05, 0.1) is 0 Å². The molecule has 3 aliphatic rings. The standard InChI is InChI=1S/C11H16N2S/c12-11-9-5-10(11)13(6-9)3-1-8-2-4-14-7-8/h2,4,7,9-11H,1,3,5-6,12H2. The van der Waals surface area contributed by atoms with Crippen LogP contribution in [0.3, 0.4) is 0 Å². The number of fused-ring (bicyclic) bond motifs is 1. The SMILES string of the molecule is NC1C2CC1N(CCc1ccsc1)C2. The lowest BCUT2D eigenvalue weighted by Gasteiger charge is -2.33. The number of nitrogens with zero attached hydrogens (tertiary/aromatic N) is 1. The van der Waals surface area contributed by atoms with Crippen LogP contribution in [0.5, 0.6) is 0 Å². The molecule has 0 aromatic carbocycles. The Hall–Kier alpha value is -0.380. The maximum Gasteiger partial charge on any atom is 0.0254 e. The van der Waals surface area contributed by atoms with Crippen LogP contribution in [0.25, 0.3) is 0 Å². The lowest BCUT2D eigenvalue weighted by Crippen LogP contribution is -2.49. The Kier molecular flexibility index (Phi) is 2.11. The van der Waals surface area contributed by atoms with Gasteiger partial charge in [0.25, 0.3) is 0 Å². The smallest absolute Gasteiger partial charge is 0.0254 e. The minimum atomic E-state index is 0.484. The van der Waals surface area contributed by atoms with Crippen LogP contribution >= 0.6 is 11.3 Å². The highest BCUT2D eigenvalue weighted by Crippen LogP contribution is 2.39. The van der Waals surface area contributed by atoms with Crippen molar-refractivity contribution in [3.05, 3.63) is 22.4 Å². The van der Waals surface area contributed by atoms with Crippen molar-refractivity contribution < 1.29 is 0 Å². The van der Waals surface area contributed by atoms with E-state index in [9.17, 15) is 0 Å². The molecular formula is C11H16N2S. The summed E-state index contributed by atoms with van der Waals surface area (Å²) in [6.07, 6.45) is 2.55. The molecule has 76 valence electrons. The normalized spacial score (nSPS) is 35.9. The fraction of sp³-hybridized carbons (Fsp3) is 0.636. The molecule has 4 rings (SSSR count). The Balaban J connectivity index is 1.55. The lowest BCUT2D eigenvalue weighted by atomic mass is 9.81. The summed E-state index contributed by atoms with van der Waals surface area (Å²) < 4.78 is 0. The van der Waals surface area contributed by atoms with Gasteiger partial charge >= 0.3 is 0 Å². The second kappa shape index (κ2) is 3.33. The van der Waals surface area contributed by atoms with Crippen LogP contribution in [0.2, 0.25) is 0 Å². The molecule has 2 saturated heterocycles. The van der Waals surface area contributed by atoms with Crippen molar-refractivity contribution in [1.29, 1.82) is 0 Å². The van der Waals surface area contributed by atoms with Gasteiger partial charge < -0.3 is 5.73 Å². The molecule has 2 aliphatic heterocycles. The molecule has 3 atom stereocenters. The zero-order valence-electron chi connectivity index (χ0n) is 8.23. The minimum absolute atomic E-state index is 0.484. The average Bonchev–Trinajstić information content (AvgIpc) is 2.88. The van der Waals surface area contributed by atoms with E-state index in [0.717, 1.165) is 5.92 Å². The van der Waals surface area contributed by atoms with E-state index in [1.807, 2.05) is 0 Å². The molecule has 1 aromatic rings. The number of thiophene rings is 1. The van der Waals surface area contributed by atoms with E-state index in [0.29, 0.717) is 12.1 Å². The third kappa shape index (κ3) is 1.31. The topological polar surface area (TPSA) is 29.3 Å². The van der Waals surface area contributed by atoms with Crippen LogP contribution in [0.15, 0.2) is 16.8 Å². The molecule has 0 amide bonds. The molecular weight excluding hydrogens is 192 g/mol. The monoisotopic (exact) mass is 208 g/mol. The molecule has 1 aromatic heterocycles. The molecule has 3 heterocycles. The highest BCUT2D eigenvalue weighted by Gasteiger charge is 2.49. The average molecular weight is 208 g/mol. The van der Waals surface area contributed by atoms with Crippen molar-refractivity contribution in [2.24, 2.45) is 11.7 Å². The van der Waals surface area contributed by atoms with Crippen LogP contribution in [-0.4, -0.2) is 30.1 Å². The van der Waals surface area contributed by atoms with Crippen LogP contribution < -0.4 is 5.73 Å². The molecule has 3 heteroatoms. The number of hydrogen-bond acceptors (Lipinski definition) is 3. The molecule has 1 aliphatic carbocycles. The first-order valence-corrected chi connectivity index (χ1v) is 6.29. The third-order valence-electron chi connectivity index (χ3n) is 3.74. The van der Waals surface area contributed by atoms with E-state index >= 15 is 0 Å². The molecule has 2 nitrogen and oxygen atoms in total. The molecule has 3 fully saturated rings. The van der Waals surface area contributed by atoms with Gasteiger partial charge in [-0.15, -0.1) is 0 Å². The summed E-state index contributed by atoms with van der Waals surface area (Å²) in [6, 6.07) is 3.42. The van der Waals surface area contributed by atoms with Gasteiger partial charge in [-0.2, -0.15) is 11.3 Å². The number of hydrogen-bond donors (Lipinski definition) is 1. The van der Waals surface area contributed by atoms with Crippen molar-refractivity contribution in [3.63, 3.8) is 0 Å². The second-order valence-corrected chi connectivity index (χ2v) is 5.30. The maximum atomic E-state index is 6.03. The Morgan fingerprint density at radius 1 is 1.57 bits per heavy atom. The van der Waals surface area contributed by atoms with Gasteiger partial charge in [-0.1, -0.05) is 0 Å². The highest BCUT2D eigenvalue weighted by atomic mass is 32.1. The summed E-state index contributed by atoms with van der Waals surface area (Å²) in [5.74, 6) is 0.808. The van der Waals surface area contributed by atoms with Crippen LogP contribution in [0.1, 0.15) is 12.0 Å². The highest BCUT2D eigenvalue weighted by molar-refractivity contribution is 7.07. The van der Waals surface area contributed by atoms with E-state index in [2.05, 4.69) is 21.7 Å². The largest absolute Gasteiger partial charge is 0.326 e. The third-order valence-corrected chi connectivity index (χ3v) is 4.47. The fourth-order valence-corrected chi connectivity index (χ4v) is 3.44. The van der Waals surface area contributed by atoms with E-state index < -0.39 is 0 Å². The van der Waals surface area contributed by atoms with Crippen molar-refractivity contribution >= 4 is 11.3 Å². The van der Waals surface area contributed by atoms with Gasteiger partial charge in [0.2, 0.25) is 0 Å². The van der Waals surface area contributed by atoms with Gasteiger partial charge in [-0.25, -0.2) is 0 Å². The second-order valence-electron chi connectivity index (χ2n) is 4.52. The molecule has 3 unspecified atom stereocenters. The number of rotatable bonds is 3. The Bertz CT molecular complexity index is 309. The predicted molar refractivity (Wildman–Crippen MR) is 59.5 cm³/mol. The van der Waals surface area contributed by atoms with Crippen molar-refractivity contribution in [2.75, 3.05) is 13.1 Å². The molecule has 14 heavy (non-hydrogen) atoms. The molecule has 0 spiro atoms. The van der Waals surface area contributed by atoms with E-state index in [1.54, 1.807) is 11.3 Å². The summed E-state index contributed by atoms with van der Waals surface area (Å²) >= 11 is 1.79. The van der Waals surface area contributed by atoms with Crippen LogP contribution in [-0.2, 0) is 6.42 Å². The van der Waals surface area contributed by atoms with Crippen LogP contribution in [0.4, 0.5) is 0 Å².